The molecule has 0 saturated carbocycles. The monoisotopic (exact) mass is 460 g/mol. The average molecular weight is 461 g/mol. The van der Waals surface area contributed by atoms with Crippen molar-refractivity contribution in [2.24, 2.45) is 0 Å². The van der Waals surface area contributed by atoms with E-state index in [-0.39, 0.29) is 33.5 Å². The number of sulfone groups is 1. The maximum absolute atomic E-state index is 13.4. The van der Waals surface area contributed by atoms with E-state index in [1.165, 1.54) is 22.9 Å². The molecule has 0 radical (unpaired) electrons. The van der Waals surface area contributed by atoms with E-state index in [2.05, 4.69) is 5.32 Å². The van der Waals surface area contributed by atoms with Crippen molar-refractivity contribution < 1.29 is 13.2 Å². The van der Waals surface area contributed by atoms with Crippen molar-refractivity contribution in [1.82, 2.24) is 4.57 Å². The number of hydrogen-bond acceptors (Lipinski definition) is 4. The first-order valence-corrected chi connectivity index (χ1v) is 12.1. The van der Waals surface area contributed by atoms with E-state index in [1.54, 1.807) is 60.7 Å². The van der Waals surface area contributed by atoms with Crippen molar-refractivity contribution in [3.05, 3.63) is 101 Å². The largest absolute Gasteiger partial charge is 0.336 e. The zero-order valence-corrected chi connectivity index (χ0v) is 19.2. The Morgan fingerprint density at radius 3 is 2.21 bits per heavy atom. The summed E-state index contributed by atoms with van der Waals surface area (Å²) >= 11 is 0. The molecule has 0 aliphatic heterocycles. The average Bonchev–Trinajstić information content (AvgIpc) is 2.81. The van der Waals surface area contributed by atoms with Crippen molar-refractivity contribution in [3.63, 3.8) is 0 Å². The summed E-state index contributed by atoms with van der Waals surface area (Å²) in [5.41, 5.74) is 1.53. The van der Waals surface area contributed by atoms with E-state index in [0.29, 0.717) is 11.2 Å². The van der Waals surface area contributed by atoms with Crippen LogP contribution in [0.3, 0.4) is 0 Å². The van der Waals surface area contributed by atoms with Gasteiger partial charge in [0.05, 0.1) is 10.4 Å². The fraction of sp³-hybridized carbons (Fsp3) is 0.154. The highest BCUT2D eigenvalue weighted by Crippen LogP contribution is 2.23. The van der Waals surface area contributed by atoms with E-state index in [0.717, 1.165) is 5.56 Å². The maximum Gasteiger partial charge on any atom is 0.244 e. The zero-order valence-electron chi connectivity index (χ0n) is 18.4. The molecule has 4 rings (SSSR count). The van der Waals surface area contributed by atoms with Crippen molar-refractivity contribution in [3.8, 4) is 0 Å². The Labute approximate surface area is 192 Å². The molecular weight excluding hydrogens is 436 g/mol. The minimum Gasteiger partial charge on any atom is -0.336 e. The molecular formula is C26H24N2O4S. The molecule has 0 aliphatic rings. The lowest BCUT2D eigenvalue weighted by Crippen LogP contribution is -2.23. The molecule has 7 heteroatoms. The van der Waals surface area contributed by atoms with Gasteiger partial charge in [-0.3, -0.25) is 9.59 Å². The summed E-state index contributed by atoms with van der Waals surface area (Å²) in [6.45, 7) is 3.89. The maximum atomic E-state index is 13.4. The molecule has 1 N–H and O–H groups in total. The predicted octanol–water partition coefficient (Wildman–Crippen LogP) is 4.60. The molecule has 0 aliphatic carbocycles. The van der Waals surface area contributed by atoms with Gasteiger partial charge < -0.3 is 9.88 Å². The predicted molar refractivity (Wildman–Crippen MR) is 129 cm³/mol. The van der Waals surface area contributed by atoms with E-state index in [4.69, 9.17) is 0 Å². The third-order valence-corrected chi connectivity index (χ3v) is 7.24. The van der Waals surface area contributed by atoms with E-state index < -0.39 is 15.3 Å². The van der Waals surface area contributed by atoms with Gasteiger partial charge in [0, 0.05) is 17.3 Å². The number of aromatic nitrogens is 1. The molecule has 33 heavy (non-hydrogen) atoms. The number of para-hydroxylation sites is 2. The minimum absolute atomic E-state index is 0.0413. The number of nitrogens with zero attached hydrogens (tertiary/aromatic N) is 1. The van der Waals surface area contributed by atoms with Crippen molar-refractivity contribution in [2.45, 2.75) is 36.1 Å². The topological polar surface area (TPSA) is 85.2 Å². The Morgan fingerprint density at radius 2 is 1.55 bits per heavy atom. The fourth-order valence-electron chi connectivity index (χ4n) is 3.68. The second-order valence-corrected chi connectivity index (χ2v) is 10.0. The lowest BCUT2D eigenvalue weighted by Gasteiger charge is -2.14. The summed E-state index contributed by atoms with van der Waals surface area (Å²) in [7, 11) is -4.09. The Kier molecular flexibility index (Phi) is 6.16. The van der Waals surface area contributed by atoms with Gasteiger partial charge >= 0.3 is 0 Å². The van der Waals surface area contributed by atoms with Gasteiger partial charge in [0.15, 0.2) is 0 Å². The number of hydrogen-bond donors (Lipinski definition) is 1. The summed E-state index contributed by atoms with van der Waals surface area (Å²) in [5.74, 6) is -0.0811. The number of nitrogens with one attached hydrogen (secondary N) is 1. The fourth-order valence-corrected chi connectivity index (χ4v) is 5.04. The number of fused-ring (bicyclic) bond motifs is 1. The van der Waals surface area contributed by atoms with Crippen LogP contribution in [0.15, 0.2) is 99.6 Å². The lowest BCUT2D eigenvalue weighted by molar-refractivity contribution is -0.116. The van der Waals surface area contributed by atoms with Gasteiger partial charge in [0.1, 0.15) is 11.4 Å². The molecule has 0 bridgehead atoms. The quantitative estimate of drug-likeness (QED) is 0.456. The van der Waals surface area contributed by atoms with Gasteiger partial charge in [0.25, 0.3) is 0 Å². The van der Waals surface area contributed by atoms with Crippen LogP contribution in [0.1, 0.15) is 25.3 Å². The molecule has 0 spiro atoms. The van der Waals surface area contributed by atoms with Gasteiger partial charge in [-0.05, 0) is 47.9 Å². The number of carbonyl (C=O) groups excluding carboxylic acids is 1. The number of pyridine rings is 1. The number of amides is 1. The second kappa shape index (κ2) is 9.03. The molecule has 1 heterocycles. The molecule has 1 amide bonds. The smallest absolute Gasteiger partial charge is 0.244 e. The normalized spacial score (nSPS) is 11.6. The first-order valence-electron chi connectivity index (χ1n) is 10.6. The Bertz CT molecular complexity index is 1470. The Morgan fingerprint density at radius 1 is 0.909 bits per heavy atom. The van der Waals surface area contributed by atoms with Crippen LogP contribution in [-0.2, 0) is 21.2 Å². The highest BCUT2D eigenvalue weighted by atomic mass is 32.2. The van der Waals surface area contributed by atoms with Crippen LogP contribution in [0, 0.1) is 0 Å². The molecule has 3 aromatic carbocycles. The van der Waals surface area contributed by atoms with Gasteiger partial charge in [-0.15, -0.1) is 0 Å². The summed E-state index contributed by atoms with van der Waals surface area (Å²) in [5, 5.41) is 3.03. The molecule has 0 fully saturated rings. The van der Waals surface area contributed by atoms with Gasteiger partial charge in [-0.1, -0.05) is 56.3 Å². The summed E-state index contributed by atoms with van der Waals surface area (Å²) in [6.07, 6.45) is 1.26. The molecule has 4 aromatic rings. The van der Waals surface area contributed by atoms with Crippen LogP contribution >= 0.6 is 0 Å². The summed E-state index contributed by atoms with van der Waals surface area (Å²) < 4.78 is 28.3. The number of benzene rings is 3. The first-order chi connectivity index (χ1) is 15.8. The summed E-state index contributed by atoms with van der Waals surface area (Å²) in [4.78, 5) is 25.5. The highest BCUT2D eigenvalue weighted by molar-refractivity contribution is 7.91. The third-order valence-electron chi connectivity index (χ3n) is 5.47. The third kappa shape index (κ3) is 4.59. The number of rotatable bonds is 6. The SMILES string of the molecule is CC(C)c1ccc(S(=O)(=O)c2cn(CC(=O)Nc3ccccc3)c3ccccc3c2=O)cc1. The van der Waals surface area contributed by atoms with E-state index >= 15 is 0 Å². The zero-order chi connectivity index (χ0) is 23.6. The van der Waals surface area contributed by atoms with Gasteiger partial charge in [0.2, 0.25) is 21.2 Å². The van der Waals surface area contributed by atoms with Crippen LogP contribution < -0.4 is 10.7 Å². The molecule has 1 aromatic heterocycles. The van der Waals surface area contributed by atoms with E-state index in [9.17, 15) is 18.0 Å². The number of carbonyl (C=O) groups is 1. The summed E-state index contributed by atoms with van der Waals surface area (Å²) in [6, 6.07) is 22.2. The second-order valence-electron chi connectivity index (χ2n) is 8.11. The molecule has 0 unspecified atom stereocenters. The number of anilines is 1. The van der Waals surface area contributed by atoms with Crippen LogP contribution in [0.4, 0.5) is 5.69 Å². The molecule has 0 saturated heterocycles. The minimum atomic E-state index is -4.09. The van der Waals surface area contributed by atoms with Crippen LogP contribution in [0.25, 0.3) is 10.9 Å². The van der Waals surface area contributed by atoms with Crippen molar-refractivity contribution in [2.75, 3.05) is 5.32 Å². The first kappa shape index (κ1) is 22.5. The van der Waals surface area contributed by atoms with Crippen LogP contribution in [-0.4, -0.2) is 18.9 Å². The molecule has 168 valence electrons. The van der Waals surface area contributed by atoms with Crippen LogP contribution in [0.5, 0.6) is 0 Å². The van der Waals surface area contributed by atoms with Crippen molar-refractivity contribution in [1.29, 1.82) is 0 Å². The van der Waals surface area contributed by atoms with E-state index in [1.807, 2.05) is 19.9 Å². The van der Waals surface area contributed by atoms with Gasteiger partial charge in [-0.2, -0.15) is 0 Å². The Balaban J connectivity index is 1.78. The standard InChI is InChI=1S/C26H24N2O4S/c1-18(2)19-12-14-21(15-13-19)33(31,32)24-16-28(23-11-7-6-10-22(23)26(24)30)17-25(29)27-20-8-4-3-5-9-20/h3-16,18H,17H2,1-2H3,(H,27,29). The molecule has 6 nitrogen and oxygen atoms in total. The van der Waals surface area contributed by atoms with Gasteiger partial charge in [-0.25, -0.2) is 8.42 Å². The Hall–Kier alpha value is -3.71. The van der Waals surface area contributed by atoms with Crippen molar-refractivity contribution >= 4 is 32.3 Å². The lowest BCUT2D eigenvalue weighted by atomic mass is 10.0. The highest BCUT2D eigenvalue weighted by Gasteiger charge is 2.24. The van der Waals surface area contributed by atoms with Crippen LogP contribution in [0.2, 0.25) is 0 Å². The molecule has 0 atom stereocenters.